The second-order valence-corrected chi connectivity index (χ2v) is 4.43. The Hall–Kier alpha value is -1.85. The lowest BCUT2D eigenvalue weighted by molar-refractivity contribution is 0.564. The molecule has 2 aromatic carbocycles. The van der Waals surface area contributed by atoms with Crippen molar-refractivity contribution in [3.8, 4) is 0 Å². The van der Waals surface area contributed by atoms with E-state index in [2.05, 4.69) is 4.99 Å². The molecule has 0 bridgehead atoms. The number of nitrogens with zero attached hydrogens (tertiary/aromatic N) is 1. The minimum absolute atomic E-state index is 0.199. The minimum atomic E-state index is -2.11. The smallest absolute Gasteiger partial charge is 0.188 e. The average molecular weight is 263 g/mol. The topological polar surface area (TPSA) is 49.7 Å². The molecule has 0 saturated heterocycles. The predicted octanol–water partition coefficient (Wildman–Crippen LogP) is 3.16. The molecule has 0 aliphatic rings. The summed E-state index contributed by atoms with van der Waals surface area (Å²) in [6.07, 6.45) is 1.33. The van der Waals surface area contributed by atoms with Gasteiger partial charge in [-0.05, 0) is 18.2 Å². The van der Waals surface area contributed by atoms with Crippen molar-refractivity contribution in [3.63, 3.8) is 0 Å². The molecule has 3 nitrogen and oxygen atoms in total. The second kappa shape index (κ2) is 5.66. The van der Waals surface area contributed by atoms with E-state index in [0.29, 0.717) is 11.3 Å². The van der Waals surface area contributed by atoms with Crippen LogP contribution in [0.2, 0.25) is 0 Å². The lowest BCUT2D eigenvalue weighted by Gasteiger charge is -2.00. The van der Waals surface area contributed by atoms with Gasteiger partial charge in [0.05, 0.1) is 10.6 Å². The molecule has 1 atom stereocenters. The Labute approximate surface area is 106 Å². The molecular weight excluding hydrogens is 253 g/mol. The minimum Gasteiger partial charge on any atom is -0.302 e. The third-order valence-corrected chi connectivity index (χ3v) is 3.02. The first-order chi connectivity index (χ1) is 8.68. The van der Waals surface area contributed by atoms with E-state index in [4.69, 9.17) is 4.55 Å². The first-order valence-electron chi connectivity index (χ1n) is 5.17. The molecule has 0 saturated carbocycles. The van der Waals surface area contributed by atoms with E-state index in [1.165, 1.54) is 18.3 Å². The van der Waals surface area contributed by atoms with Crippen molar-refractivity contribution >= 4 is 23.0 Å². The number of halogens is 1. The molecule has 18 heavy (non-hydrogen) atoms. The highest BCUT2D eigenvalue weighted by molar-refractivity contribution is 7.79. The molecule has 0 amide bonds. The monoisotopic (exact) mass is 263 g/mol. The maximum Gasteiger partial charge on any atom is 0.188 e. The van der Waals surface area contributed by atoms with E-state index in [0.717, 1.165) is 0 Å². The van der Waals surface area contributed by atoms with Gasteiger partial charge in [-0.15, -0.1) is 0 Å². The Balaban J connectivity index is 2.35. The van der Waals surface area contributed by atoms with E-state index in [1.807, 2.05) is 0 Å². The highest BCUT2D eigenvalue weighted by Gasteiger charge is 2.05. The first-order valence-corrected chi connectivity index (χ1v) is 6.27. The average Bonchev–Trinajstić information content (AvgIpc) is 2.38. The zero-order valence-electron chi connectivity index (χ0n) is 9.29. The van der Waals surface area contributed by atoms with Crippen LogP contribution in [0.3, 0.4) is 0 Å². The maximum absolute atomic E-state index is 13.4. The SMILES string of the molecule is O=S(O)c1ccccc1N=Cc1ccccc1F. The van der Waals surface area contributed by atoms with Gasteiger partial charge in [-0.25, -0.2) is 8.60 Å². The van der Waals surface area contributed by atoms with E-state index in [-0.39, 0.29) is 10.7 Å². The van der Waals surface area contributed by atoms with Crippen LogP contribution < -0.4 is 0 Å². The first kappa shape index (κ1) is 12.6. The van der Waals surface area contributed by atoms with Crippen molar-refractivity contribution in [2.45, 2.75) is 4.90 Å². The fourth-order valence-electron chi connectivity index (χ4n) is 1.43. The summed E-state index contributed by atoms with van der Waals surface area (Å²) in [6, 6.07) is 12.6. The number of aliphatic imine (C=N–C) groups is 1. The third kappa shape index (κ3) is 2.88. The van der Waals surface area contributed by atoms with Gasteiger partial charge in [0, 0.05) is 11.8 Å². The van der Waals surface area contributed by atoms with Gasteiger partial charge in [0.25, 0.3) is 0 Å². The molecule has 0 spiro atoms. The van der Waals surface area contributed by atoms with E-state index in [9.17, 15) is 8.60 Å². The molecule has 2 rings (SSSR count). The fourth-order valence-corrected chi connectivity index (χ4v) is 1.92. The zero-order valence-corrected chi connectivity index (χ0v) is 10.1. The highest BCUT2D eigenvalue weighted by atomic mass is 32.2. The van der Waals surface area contributed by atoms with Gasteiger partial charge in [-0.2, -0.15) is 0 Å². The zero-order chi connectivity index (χ0) is 13.0. The third-order valence-electron chi connectivity index (χ3n) is 2.30. The Morgan fingerprint density at radius 1 is 1.11 bits per heavy atom. The summed E-state index contributed by atoms with van der Waals surface area (Å²) in [4.78, 5) is 4.24. The lowest BCUT2D eigenvalue weighted by atomic mass is 10.2. The summed E-state index contributed by atoms with van der Waals surface area (Å²) in [5.74, 6) is -0.385. The van der Waals surface area contributed by atoms with Crippen molar-refractivity contribution in [2.75, 3.05) is 0 Å². The Kier molecular flexibility index (Phi) is 3.96. The standard InChI is InChI=1S/C13H10FNO2S/c14-11-6-2-1-5-10(11)9-15-12-7-3-4-8-13(12)18(16)17/h1-9H,(H,16,17). The van der Waals surface area contributed by atoms with Gasteiger partial charge in [0.1, 0.15) is 5.82 Å². The van der Waals surface area contributed by atoms with Crippen LogP contribution in [0.5, 0.6) is 0 Å². The molecule has 1 N–H and O–H groups in total. The van der Waals surface area contributed by atoms with Crippen LogP contribution >= 0.6 is 0 Å². The fraction of sp³-hybridized carbons (Fsp3) is 0. The normalized spacial score (nSPS) is 12.8. The second-order valence-electron chi connectivity index (χ2n) is 3.50. The van der Waals surface area contributed by atoms with Gasteiger partial charge in [-0.1, -0.05) is 30.3 Å². The quantitative estimate of drug-likeness (QED) is 0.683. The van der Waals surface area contributed by atoms with Gasteiger partial charge in [0.15, 0.2) is 11.1 Å². The molecule has 2 aromatic rings. The van der Waals surface area contributed by atoms with E-state index in [1.54, 1.807) is 36.4 Å². The predicted molar refractivity (Wildman–Crippen MR) is 69.1 cm³/mol. The summed E-state index contributed by atoms with van der Waals surface area (Å²) in [6.45, 7) is 0. The molecule has 0 aliphatic heterocycles. The van der Waals surface area contributed by atoms with Crippen molar-refractivity contribution < 1.29 is 13.2 Å². The number of hydrogen-bond acceptors (Lipinski definition) is 2. The summed E-state index contributed by atoms with van der Waals surface area (Å²) in [5, 5.41) is 0. The Morgan fingerprint density at radius 3 is 2.50 bits per heavy atom. The van der Waals surface area contributed by atoms with E-state index < -0.39 is 11.1 Å². The van der Waals surface area contributed by atoms with Crippen LogP contribution in [0.1, 0.15) is 5.56 Å². The number of benzene rings is 2. The summed E-state index contributed by atoms with van der Waals surface area (Å²) >= 11 is -2.11. The summed E-state index contributed by atoms with van der Waals surface area (Å²) < 4.78 is 33.5. The van der Waals surface area contributed by atoms with Crippen molar-refractivity contribution in [3.05, 3.63) is 59.9 Å². The van der Waals surface area contributed by atoms with Crippen molar-refractivity contribution in [1.29, 1.82) is 0 Å². The number of rotatable bonds is 3. The van der Waals surface area contributed by atoms with Gasteiger partial charge >= 0.3 is 0 Å². The van der Waals surface area contributed by atoms with Gasteiger partial charge in [0.2, 0.25) is 0 Å². The Bertz CT molecular complexity index is 613. The number of hydrogen-bond donors (Lipinski definition) is 1. The van der Waals surface area contributed by atoms with Crippen LogP contribution in [0, 0.1) is 5.82 Å². The van der Waals surface area contributed by atoms with Crippen LogP contribution in [-0.4, -0.2) is 15.0 Å². The molecular formula is C13H10FNO2S. The largest absolute Gasteiger partial charge is 0.302 e. The summed E-state index contributed by atoms with van der Waals surface area (Å²) in [5.41, 5.74) is 0.678. The molecule has 92 valence electrons. The highest BCUT2D eigenvalue weighted by Crippen LogP contribution is 2.21. The van der Waals surface area contributed by atoms with Crippen molar-refractivity contribution in [2.24, 2.45) is 4.99 Å². The molecule has 0 aliphatic carbocycles. The molecule has 1 unspecified atom stereocenters. The molecule has 0 fully saturated rings. The molecule has 0 heterocycles. The van der Waals surface area contributed by atoms with Gasteiger partial charge < -0.3 is 4.55 Å². The molecule has 5 heteroatoms. The van der Waals surface area contributed by atoms with Crippen molar-refractivity contribution in [1.82, 2.24) is 0 Å². The van der Waals surface area contributed by atoms with Crippen LogP contribution in [0.15, 0.2) is 58.4 Å². The summed E-state index contributed by atoms with van der Waals surface area (Å²) in [7, 11) is 0. The molecule has 0 aromatic heterocycles. The maximum atomic E-state index is 13.4. The Morgan fingerprint density at radius 2 is 1.78 bits per heavy atom. The van der Waals surface area contributed by atoms with Crippen LogP contribution in [-0.2, 0) is 11.1 Å². The molecule has 0 radical (unpaired) electrons. The van der Waals surface area contributed by atoms with Gasteiger partial charge in [-0.3, -0.25) is 4.99 Å². The van der Waals surface area contributed by atoms with E-state index >= 15 is 0 Å². The van der Waals surface area contributed by atoms with Crippen LogP contribution in [0.4, 0.5) is 10.1 Å². The lowest BCUT2D eigenvalue weighted by Crippen LogP contribution is -1.90. The number of para-hydroxylation sites is 1. The van der Waals surface area contributed by atoms with Crippen LogP contribution in [0.25, 0.3) is 0 Å².